The van der Waals surface area contributed by atoms with E-state index in [0.717, 1.165) is 18.5 Å². The lowest BCUT2D eigenvalue weighted by Gasteiger charge is -2.10. The summed E-state index contributed by atoms with van der Waals surface area (Å²) >= 11 is 0. The van der Waals surface area contributed by atoms with Gasteiger partial charge in [0, 0.05) is 24.9 Å². The third kappa shape index (κ3) is 3.97. The number of fused-ring (bicyclic) bond motifs is 1. The number of benzene rings is 4. The van der Waals surface area contributed by atoms with E-state index in [9.17, 15) is 0 Å². The van der Waals surface area contributed by atoms with Crippen molar-refractivity contribution in [3.05, 3.63) is 126 Å². The summed E-state index contributed by atoms with van der Waals surface area (Å²) in [5.74, 6) is 0. The molecule has 0 saturated heterocycles. The number of hydrogen-bond acceptors (Lipinski definition) is 2. The van der Waals surface area contributed by atoms with Crippen LogP contribution in [0.4, 0.5) is 0 Å². The van der Waals surface area contributed by atoms with Crippen LogP contribution in [0.25, 0.3) is 21.9 Å². The van der Waals surface area contributed by atoms with E-state index in [-0.39, 0.29) is 0 Å². The first-order valence-electron chi connectivity index (χ1n) is 10.4. The van der Waals surface area contributed by atoms with Crippen molar-refractivity contribution < 1.29 is 0 Å². The van der Waals surface area contributed by atoms with Crippen molar-refractivity contribution in [2.75, 3.05) is 0 Å². The Morgan fingerprint density at radius 3 is 2.32 bits per heavy atom. The van der Waals surface area contributed by atoms with Crippen molar-refractivity contribution in [2.24, 2.45) is 0 Å². The molecule has 5 aromatic rings. The lowest BCUT2D eigenvalue weighted by Crippen LogP contribution is -2.04. The first-order valence-corrected chi connectivity index (χ1v) is 10.4. The molecule has 0 fully saturated rings. The normalized spacial score (nSPS) is 10.8. The van der Waals surface area contributed by atoms with Gasteiger partial charge in [-0.05, 0) is 45.2 Å². The molecule has 0 unspecified atom stereocenters. The molecule has 0 radical (unpaired) electrons. The average Bonchev–Trinajstić information content (AvgIpc) is 3.26. The van der Waals surface area contributed by atoms with Crippen molar-refractivity contribution in [2.45, 2.75) is 13.0 Å². The Morgan fingerprint density at radius 1 is 0.774 bits per heavy atom. The summed E-state index contributed by atoms with van der Waals surface area (Å²) in [6.45, 7) is 0.745. The molecule has 0 atom stereocenters. The van der Waals surface area contributed by atoms with Crippen LogP contribution in [0, 0.1) is 11.3 Å². The Balaban J connectivity index is 1.36. The van der Waals surface area contributed by atoms with Gasteiger partial charge in [0.05, 0.1) is 18.0 Å². The second-order valence-corrected chi connectivity index (χ2v) is 7.72. The number of rotatable bonds is 5. The van der Waals surface area contributed by atoms with Gasteiger partial charge < -0.3 is 4.57 Å². The van der Waals surface area contributed by atoms with Crippen LogP contribution in [0.15, 0.2) is 104 Å². The molecule has 0 aliphatic carbocycles. The minimum Gasteiger partial charge on any atom is -0.330 e. The minimum atomic E-state index is 0.681. The summed E-state index contributed by atoms with van der Waals surface area (Å²) in [6.07, 6.45) is 4.63. The SMILES string of the molecule is N#Cc1ccc(Cn2cncc2Cc2ccc(-c3cccc4ccccc34)cc2)cc1. The molecule has 4 aromatic carbocycles. The molecule has 0 aliphatic rings. The topological polar surface area (TPSA) is 41.6 Å². The highest BCUT2D eigenvalue weighted by Gasteiger charge is 2.07. The van der Waals surface area contributed by atoms with Gasteiger partial charge in [0.2, 0.25) is 0 Å². The third-order valence-electron chi connectivity index (χ3n) is 5.67. The molecule has 0 saturated carbocycles. The predicted octanol–water partition coefficient (Wildman–Crippen LogP) is 6.21. The van der Waals surface area contributed by atoms with Gasteiger partial charge in [0.15, 0.2) is 0 Å². The molecule has 0 amide bonds. The average molecular weight is 399 g/mol. The van der Waals surface area contributed by atoms with E-state index in [1.807, 2.05) is 36.8 Å². The molecule has 1 heterocycles. The zero-order chi connectivity index (χ0) is 21.0. The number of hydrogen-bond donors (Lipinski definition) is 0. The van der Waals surface area contributed by atoms with Crippen LogP contribution in [0.1, 0.15) is 22.4 Å². The molecular formula is C28H21N3. The molecule has 0 spiro atoms. The van der Waals surface area contributed by atoms with Gasteiger partial charge in [-0.2, -0.15) is 5.26 Å². The van der Waals surface area contributed by atoms with Gasteiger partial charge >= 0.3 is 0 Å². The fourth-order valence-electron chi connectivity index (χ4n) is 4.01. The highest BCUT2D eigenvalue weighted by molar-refractivity contribution is 5.96. The van der Waals surface area contributed by atoms with Crippen LogP contribution in [0.2, 0.25) is 0 Å². The van der Waals surface area contributed by atoms with Crippen molar-refractivity contribution in [1.29, 1.82) is 5.26 Å². The Labute approximate surface area is 181 Å². The molecular weight excluding hydrogens is 378 g/mol. The molecule has 148 valence electrons. The number of nitrogens with zero attached hydrogens (tertiary/aromatic N) is 3. The second-order valence-electron chi connectivity index (χ2n) is 7.72. The summed E-state index contributed by atoms with van der Waals surface area (Å²) in [4.78, 5) is 4.36. The zero-order valence-electron chi connectivity index (χ0n) is 17.1. The molecule has 31 heavy (non-hydrogen) atoms. The van der Waals surface area contributed by atoms with Crippen LogP contribution in [-0.2, 0) is 13.0 Å². The minimum absolute atomic E-state index is 0.681. The van der Waals surface area contributed by atoms with Crippen LogP contribution >= 0.6 is 0 Å². The molecule has 0 bridgehead atoms. The maximum atomic E-state index is 8.97. The maximum absolute atomic E-state index is 8.97. The lowest BCUT2D eigenvalue weighted by molar-refractivity contribution is 0.753. The Morgan fingerprint density at radius 2 is 1.52 bits per heavy atom. The van der Waals surface area contributed by atoms with E-state index in [1.165, 1.54) is 33.2 Å². The quantitative estimate of drug-likeness (QED) is 0.352. The van der Waals surface area contributed by atoms with Gasteiger partial charge in [-0.1, -0.05) is 78.9 Å². The number of imidazole rings is 1. The first kappa shape index (κ1) is 18.8. The molecule has 0 N–H and O–H groups in total. The fourth-order valence-corrected chi connectivity index (χ4v) is 4.01. The summed E-state index contributed by atoms with van der Waals surface area (Å²) in [6, 6.07) is 33.7. The number of aromatic nitrogens is 2. The van der Waals surface area contributed by atoms with Crippen LogP contribution < -0.4 is 0 Å². The zero-order valence-corrected chi connectivity index (χ0v) is 17.1. The predicted molar refractivity (Wildman–Crippen MR) is 125 cm³/mol. The van der Waals surface area contributed by atoms with Crippen molar-refractivity contribution in [3.63, 3.8) is 0 Å². The van der Waals surface area contributed by atoms with E-state index in [0.29, 0.717) is 5.56 Å². The molecule has 3 heteroatoms. The van der Waals surface area contributed by atoms with E-state index in [2.05, 4.69) is 82.4 Å². The van der Waals surface area contributed by atoms with Gasteiger partial charge in [-0.15, -0.1) is 0 Å². The summed E-state index contributed by atoms with van der Waals surface area (Å²) in [5.41, 5.74) is 6.75. The summed E-state index contributed by atoms with van der Waals surface area (Å²) in [7, 11) is 0. The maximum Gasteiger partial charge on any atom is 0.0991 e. The monoisotopic (exact) mass is 399 g/mol. The Bertz CT molecular complexity index is 1370. The largest absolute Gasteiger partial charge is 0.330 e. The van der Waals surface area contributed by atoms with Crippen LogP contribution in [0.3, 0.4) is 0 Å². The Hall–Kier alpha value is -4.16. The van der Waals surface area contributed by atoms with Gasteiger partial charge in [0.1, 0.15) is 0 Å². The lowest BCUT2D eigenvalue weighted by atomic mass is 9.97. The van der Waals surface area contributed by atoms with Crippen molar-refractivity contribution >= 4 is 10.8 Å². The second kappa shape index (κ2) is 8.30. The van der Waals surface area contributed by atoms with E-state index >= 15 is 0 Å². The van der Waals surface area contributed by atoms with Crippen molar-refractivity contribution in [1.82, 2.24) is 9.55 Å². The fraction of sp³-hybridized carbons (Fsp3) is 0.0714. The molecule has 0 aliphatic heterocycles. The molecule has 3 nitrogen and oxygen atoms in total. The highest BCUT2D eigenvalue weighted by Crippen LogP contribution is 2.29. The standard InChI is InChI=1S/C28H21N3/c29-17-22-8-10-23(11-9-22)19-31-20-30-18-26(31)16-21-12-14-25(15-13-21)28-7-3-5-24-4-1-2-6-27(24)28/h1-15,18,20H,16,19H2. The van der Waals surface area contributed by atoms with Gasteiger partial charge in [0.25, 0.3) is 0 Å². The highest BCUT2D eigenvalue weighted by atomic mass is 15.0. The summed E-state index contributed by atoms with van der Waals surface area (Å²) in [5, 5.41) is 11.5. The Kier molecular flexibility index (Phi) is 5.04. The molecule has 1 aromatic heterocycles. The van der Waals surface area contributed by atoms with Gasteiger partial charge in [-0.3, -0.25) is 0 Å². The van der Waals surface area contributed by atoms with E-state index in [4.69, 9.17) is 5.26 Å². The number of nitriles is 1. The van der Waals surface area contributed by atoms with Crippen LogP contribution in [0.5, 0.6) is 0 Å². The van der Waals surface area contributed by atoms with Crippen LogP contribution in [-0.4, -0.2) is 9.55 Å². The third-order valence-corrected chi connectivity index (χ3v) is 5.67. The van der Waals surface area contributed by atoms with E-state index < -0.39 is 0 Å². The molecule has 5 rings (SSSR count). The smallest absolute Gasteiger partial charge is 0.0991 e. The van der Waals surface area contributed by atoms with Crippen molar-refractivity contribution in [3.8, 4) is 17.2 Å². The summed E-state index contributed by atoms with van der Waals surface area (Å²) < 4.78 is 2.17. The van der Waals surface area contributed by atoms with Gasteiger partial charge in [-0.25, -0.2) is 4.98 Å². The first-order chi connectivity index (χ1) is 15.3. The van der Waals surface area contributed by atoms with E-state index in [1.54, 1.807) is 0 Å².